The third-order valence-electron chi connectivity index (χ3n) is 4.45. The lowest BCUT2D eigenvalue weighted by Crippen LogP contribution is -2.34. The van der Waals surface area contributed by atoms with Gasteiger partial charge in [0.25, 0.3) is 10.0 Å². The van der Waals surface area contributed by atoms with E-state index in [1.54, 1.807) is 0 Å². The molecule has 0 fully saturated rings. The van der Waals surface area contributed by atoms with E-state index in [1.165, 1.54) is 22.5 Å². The molecule has 0 saturated heterocycles. The van der Waals surface area contributed by atoms with Crippen LogP contribution in [0.25, 0.3) is 0 Å². The van der Waals surface area contributed by atoms with Gasteiger partial charge in [-0.15, -0.1) is 0 Å². The summed E-state index contributed by atoms with van der Waals surface area (Å²) in [7, 11) is -3.96. The normalized spacial score (nSPS) is 11.4. The number of aliphatic carboxylic acids is 1. The van der Waals surface area contributed by atoms with Crippen molar-refractivity contribution >= 4 is 44.9 Å². The zero-order chi connectivity index (χ0) is 20.9. The lowest BCUT2D eigenvalue weighted by molar-refractivity contribution is -0.137. The van der Waals surface area contributed by atoms with Crippen LogP contribution in [0.5, 0.6) is 0 Å². The summed E-state index contributed by atoms with van der Waals surface area (Å²) in [6.45, 7) is 3.97. The van der Waals surface area contributed by atoms with E-state index in [1.807, 2.05) is 32.0 Å². The van der Waals surface area contributed by atoms with E-state index in [0.717, 1.165) is 11.1 Å². The molecule has 0 heterocycles. The third kappa shape index (κ3) is 4.99. The van der Waals surface area contributed by atoms with Crippen molar-refractivity contribution in [3.05, 3.63) is 57.6 Å². The Kier molecular flexibility index (Phi) is 7.75. The van der Waals surface area contributed by atoms with Gasteiger partial charge in [0.15, 0.2) is 0 Å². The minimum absolute atomic E-state index is 0.0187. The van der Waals surface area contributed by atoms with Crippen LogP contribution in [0.1, 0.15) is 37.8 Å². The predicted octanol–water partition coefficient (Wildman–Crippen LogP) is 5.18. The third-order valence-corrected chi connectivity index (χ3v) is 6.98. The van der Waals surface area contributed by atoms with Crippen molar-refractivity contribution in [2.24, 2.45) is 0 Å². The first kappa shape index (κ1) is 22.5. The quantitative estimate of drug-likeness (QED) is 0.579. The van der Waals surface area contributed by atoms with Crippen molar-refractivity contribution in [3.63, 3.8) is 0 Å². The number of hydrogen-bond donors (Lipinski definition) is 1. The van der Waals surface area contributed by atoms with Crippen LogP contribution in [0.3, 0.4) is 0 Å². The van der Waals surface area contributed by atoms with Crippen molar-refractivity contribution in [2.45, 2.75) is 44.4 Å². The van der Waals surface area contributed by atoms with Crippen molar-refractivity contribution in [1.29, 1.82) is 0 Å². The molecule has 2 aromatic carbocycles. The molecule has 0 aliphatic rings. The van der Waals surface area contributed by atoms with Crippen LogP contribution < -0.4 is 4.31 Å². The van der Waals surface area contributed by atoms with E-state index in [-0.39, 0.29) is 34.3 Å². The van der Waals surface area contributed by atoms with E-state index < -0.39 is 16.0 Å². The molecule has 0 atom stereocenters. The monoisotopic (exact) mass is 443 g/mol. The number of carboxylic acid groups (broad SMARTS) is 1. The molecule has 5 nitrogen and oxygen atoms in total. The zero-order valence-electron chi connectivity index (χ0n) is 15.8. The number of sulfonamides is 1. The van der Waals surface area contributed by atoms with Crippen LogP contribution in [0.4, 0.5) is 5.69 Å². The van der Waals surface area contributed by atoms with Crippen LogP contribution in [0.15, 0.2) is 41.3 Å². The molecule has 2 aromatic rings. The predicted molar refractivity (Wildman–Crippen MR) is 113 cm³/mol. The largest absolute Gasteiger partial charge is 0.481 e. The summed E-state index contributed by atoms with van der Waals surface area (Å²) in [4.78, 5) is 11.0. The summed E-state index contributed by atoms with van der Waals surface area (Å²) >= 11 is 12.0. The Morgan fingerprint density at radius 2 is 1.64 bits per heavy atom. The molecular formula is C20H23Cl2NO4S. The van der Waals surface area contributed by atoms with Gasteiger partial charge in [0.1, 0.15) is 0 Å². The summed E-state index contributed by atoms with van der Waals surface area (Å²) in [5.41, 5.74) is 2.39. The maximum Gasteiger partial charge on any atom is 0.303 e. The molecular weight excluding hydrogens is 421 g/mol. The van der Waals surface area contributed by atoms with Crippen molar-refractivity contribution in [2.75, 3.05) is 10.8 Å². The number of para-hydroxylation sites is 1. The van der Waals surface area contributed by atoms with Gasteiger partial charge in [-0.1, -0.05) is 55.2 Å². The van der Waals surface area contributed by atoms with Gasteiger partial charge >= 0.3 is 5.97 Å². The fourth-order valence-corrected chi connectivity index (χ4v) is 4.99. The van der Waals surface area contributed by atoms with Gasteiger partial charge in [0, 0.05) is 13.0 Å². The van der Waals surface area contributed by atoms with Crippen molar-refractivity contribution in [1.82, 2.24) is 0 Å². The molecule has 8 heteroatoms. The Morgan fingerprint density at radius 3 is 2.14 bits per heavy atom. The molecule has 0 saturated carbocycles. The van der Waals surface area contributed by atoms with Gasteiger partial charge in [-0.3, -0.25) is 9.10 Å². The number of nitrogens with zero attached hydrogens (tertiary/aromatic N) is 1. The summed E-state index contributed by atoms with van der Waals surface area (Å²) < 4.78 is 28.3. The van der Waals surface area contributed by atoms with Gasteiger partial charge in [-0.05, 0) is 48.6 Å². The van der Waals surface area contributed by atoms with E-state index in [4.69, 9.17) is 28.3 Å². The summed E-state index contributed by atoms with van der Waals surface area (Å²) in [5, 5.41) is 9.40. The lowest BCUT2D eigenvalue weighted by atomic mass is 10.0. The Bertz CT molecular complexity index is 938. The lowest BCUT2D eigenvalue weighted by Gasteiger charge is -2.29. The van der Waals surface area contributed by atoms with E-state index in [2.05, 4.69) is 0 Å². The molecule has 2 rings (SSSR count). The molecule has 0 radical (unpaired) electrons. The highest BCUT2D eigenvalue weighted by Crippen LogP contribution is 2.34. The highest BCUT2D eigenvalue weighted by Gasteiger charge is 2.28. The highest BCUT2D eigenvalue weighted by atomic mass is 35.5. The van der Waals surface area contributed by atoms with Gasteiger partial charge in [-0.2, -0.15) is 0 Å². The number of anilines is 1. The molecule has 152 valence electrons. The molecule has 0 aromatic heterocycles. The maximum atomic E-state index is 13.5. The molecule has 1 N–H and O–H groups in total. The number of carboxylic acids is 1. The van der Waals surface area contributed by atoms with Gasteiger partial charge in [0.2, 0.25) is 0 Å². The first-order chi connectivity index (χ1) is 13.2. The fourth-order valence-electron chi connectivity index (χ4n) is 3.03. The number of hydrogen-bond acceptors (Lipinski definition) is 3. The minimum atomic E-state index is -3.96. The topological polar surface area (TPSA) is 74.7 Å². The highest BCUT2D eigenvalue weighted by molar-refractivity contribution is 7.92. The van der Waals surface area contributed by atoms with E-state index in [9.17, 15) is 13.2 Å². The van der Waals surface area contributed by atoms with Gasteiger partial charge < -0.3 is 5.11 Å². The standard InChI is InChI=1S/C20H23Cl2NO4S/c1-3-14-7-5-8-15(4-2)20(14)23(12-6-9-19(24)25)28(26,27)16-10-11-17(21)18(22)13-16/h5,7-8,10-11,13H,3-4,6,9,12H2,1-2H3,(H,24,25). The molecule has 0 spiro atoms. The molecule has 0 aliphatic carbocycles. The van der Waals surface area contributed by atoms with Crippen LogP contribution in [-0.2, 0) is 27.7 Å². The minimum Gasteiger partial charge on any atom is -0.481 e. The molecule has 0 bridgehead atoms. The number of aryl methyl sites for hydroxylation is 2. The second-order valence-electron chi connectivity index (χ2n) is 6.28. The van der Waals surface area contributed by atoms with Crippen LogP contribution in [0, 0.1) is 0 Å². The van der Waals surface area contributed by atoms with Crippen LogP contribution in [-0.4, -0.2) is 26.0 Å². The molecule has 0 aliphatic heterocycles. The van der Waals surface area contributed by atoms with E-state index >= 15 is 0 Å². The van der Waals surface area contributed by atoms with Gasteiger partial charge in [-0.25, -0.2) is 8.42 Å². The molecule has 28 heavy (non-hydrogen) atoms. The average Bonchev–Trinajstić information content (AvgIpc) is 2.66. The van der Waals surface area contributed by atoms with Crippen LogP contribution in [0.2, 0.25) is 10.0 Å². The second-order valence-corrected chi connectivity index (χ2v) is 8.96. The molecule has 0 unspecified atom stereocenters. The number of benzene rings is 2. The summed E-state index contributed by atoms with van der Waals surface area (Å²) in [5.74, 6) is -0.966. The Hall–Kier alpha value is -1.76. The smallest absolute Gasteiger partial charge is 0.303 e. The first-order valence-electron chi connectivity index (χ1n) is 9.02. The summed E-state index contributed by atoms with van der Waals surface area (Å²) in [6.07, 6.45) is 1.37. The van der Waals surface area contributed by atoms with Crippen molar-refractivity contribution < 1.29 is 18.3 Å². The zero-order valence-corrected chi connectivity index (χ0v) is 18.1. The molecule has 0 amide bonds. The first-order valence-corrected chi connectivity index (χ1v) is 11.2. The number of rotatable bonds is 9. The summed E-state index contributed by atoms with van der Waals surface area (Å²) in [6, 6.07) is 9.87. The Morgan fingerprint density at radius 1 is 1.04 bits per heavy atom. The number of halogens is 2. The Balaban J connectivity index is 2.62. The SMILES string of the molecule is CCc1cccc(CC)c1N(CCCC(=O)O)S(=O)(=O)c1ccc(Cl)c(Cl)c1. The number of carbonyl (C=O) groups is 1. The van der Waals surface area contributed by atoms with Crippen LogP contribution >= 0.6 is 23.2 Å². The maximum absolute atomic E-state index is 13.5. The Labute approximate surface area is 175 Å². The second kappa shape index (κ2) is 9.63. The average molecular weight is 444 g/mol. The van der Waals surface area contributed by atoms with Crippen molar-refractivity contribution in [3.8, 4) is 0 Å². The van der Waals surface area contributed by atoms with Gasteiger partial charge in [0.05, 0.1) is 20.6 Å². The van der Waals surface area contributed by atoms with E-state index in [0.29, 0.717) is 18.5 Å². The fraction of sp³-hybridized carbons (Fsp3) is 0.350.